The Bertz CT molecular complexity index is 528. The molecule has 1 unspecified atom stereocenters. The van der Waals surface area contributed by atoms with Gasteiger partial charge in [0.2, 0.25) is 10.0 Å². The number of rotatable bonds is 4. The smallest absolute Gasteiger partial charge is 0.242 e. The Labute approximate surface area is 123 Å². The number of hydrogen-bond acceptors (Lipinski definition) is 3. The fourth-order valence-corrected chi connectivity index (χ4v) is 3.93. The summed E-state index contributed by atoms with van der Waals surface area (Å²) in [5.41, 5.74) is 1.10. The zero-order chi connectivity index (χ0) is 14.0. The van der Waals surface area contributed by atoms with Crippen LogP contribution in [0.2, 0.25) is 0 Å². The lowest BCUT2D eigenvalue weighted by Gasteiger charge is -2.25. The highest BCUT2D eigenvalue weighted by Crippen LogP contribution is 2.27. The minimum atomic E-state index is -3.33. The average Bonchev–Trinajstić information content (AvgIpc) is 2.87. The minimum absolute atomic E-state index is 0.343. The average molecular weight is 347 g/mol. The molecule has 0 spiro atoms. The summed E-state index contributed by atoms with van der Waals surface area (Å²) >= 11 is 3.53. The zero-order valence-electron chi connectivity index (χ0n) is 11.2. The first kappa shape index (κ1) is 14.8. The van der Waals surface area contributed by atoms with Crippen LogP contribution in [0.25, 0.3) is 0 Å². The lowest BCUT2D eigenvalue weighted by Crippen LogP contribution is -2.30. The van der Waals surface area contributed by atoms with Gasteiger partial charge in [-0.05, 0) is 37.1 Å². The van der Waals surface area contributed by atoms with Gasteiger partial charge in [-0.15, -0.1) is 0 Å². The number of alkyl halides is 1. The topological polar surface area (TPSA) is 40.6 Å². The number of hydrogen-bond donors (Lipinski definition) is 0. The van der Waals surface area contributed by atoms with Crippen molar-refractivity contribution in [2.24, 2.45) is 0 Å². The summed E-state index contributed by atoms with van der Waals surface area (Å²) in [6, 6.07) is 7.69. The zero-order valence-corrected chi connectivity index (χ0v) is 13.6. The fourth-order valence-electron chi connectivity index (χ4n) is 2.36. The highest BCUT2D eigenvalue weighted by atomic mass is 79.9. The Morgan fingerprint density at radius 3 is 2.47 bits per heavy atom. The third-order valence-corrected chi connectivity index (χ3v) is 6.08. The summed E-state index contributed by atoms with van der Waals surface area (Å²) in [4.78, 5) is 2.68. The van der Waals surface area contributed by atoms with Crippen LogP contribution < -0.4 is 4.90 Å². The monoisotopic (exact) mass is 346 g/mol. The second kappa shape index (κ2) is 5.81. The molecule has 0 aromatic heterocycles. The van der Waals surface area contributed by atoms with Crippen molar-refractivity contribution in [3.05, 3.63) is 24.3 Å². The summed E-state index contributed by atoms with van der Waals surface area (Å²) in [7, 11) is -0.238. The molecule has 0 amide bonds. The molecule has 1 atom stereocenters. The molecule has 1 aromatic carbocycles. The van der Waals surface area contributed by atoms with E-state index in [1.165, 1.54) is 17.1 Å². The van der Waals surface area contributed by atoms with Crippen molar-refractivity contribution in [2.45, 2.75) is 23.8 Å². The van der Waals surface area contributed by atoms with E-state index in [0.717, 1.165) is 17.6 Å². The minimum Gasteiger partial charge on any atom is -0.368 e. The fraction of sp³-hybridized carbons (Fsp3) is 0.538. The van der Waals surface area contributed by atoms with Gasteiger partial charge in [-0.3, -0.25) is 0 Å². The van der Waals surface area contributed by atoms with Gasteiger partial charge in [-0.1, -0.05) is 15.9 Å². The molecule has 2 rings (SSSR count). The Morgan fingerprint density at radius 2 is 1.95 bits per heavy atom. The second-order valence-corrected chi connectivity index (χ2v) is 7.72. The molecule has 6 heteroatoms. The Balaban J connectivity index is 2.24. The Morgan fingerprint density at radius 1 is 1.32 bits per heavy atom. The predicted octanol–water partition coefficient (Wildman–Crippen LogP) is 2.30. The largest absolute Gasteiger partial charge is 0.368 e. The van der Waals surface area contributed by atoms with E-state index in [1.54, 1.807) is 26.2 Å². The normalized spacial score (nSPS) is 20.2. The van der Waals surface area contributed by atoms with E-state index in [4.69, 9.17) is 0 Å². The molecule has 19 heavy (non-hydrogen) atoms. The number of nitrogens with zero attached hydrogens (tertiary/aromatic N) is 2. The third-order valence-electron chi connectivity index (χ3n) is 3.50. The van der Waals surface area contributed by atoms with Gasteiger partial charge in [0.25, 0.3) is 0 Å². The standard InChI is InChI=1S/C13H19BrN2O2S/c1-15(2)19(17,18)13-7-5-11(6-8-13)16-9-3-4-12(16)10-14/h5-8,12H,3-4,9-10H2,1-2H3. The van der Waals surface area contributed by atoms with Gasteiger partial charge in [-0.2, -0.15) is 0 Å². The first-order chi connectivity index (χ1) is 8.96. The lowest BCUT2D eigenvalue weighted by molar-refractivity contribution is 0.521. The van der Waals surface area contributed by atoms with Gasteiger partial charge in [0.1, 0.15) is 0 Å². The maximum atomic E-state index is 12.0. The summed E-state index contributed by atoms with van der Waals surface area (Å²) < 4.78 is 25.2. The molecule has 1 aliphatic heterocycles. The van der Waals surface area contributed by atoms with Crippen LogP contribution >= 0.6 is 15.9 Å². The van der Waals surface area contributed by atoms with Crippen molar-refractivity contribution in [1.29, 1.82) is 0 Å². The number of sulfonamides is 1. The van der Waals surface area contributed by atoms with E-state index >= 15 is 0 Å². The van der Waals surface area contributed by atoms with Gasteiger partial charge < -0.3 is 4.90 Å². The van der Waals surface area contributed by atoms with Crippen LogP contribution in [-0.4, -0.2) is 44.7 Å². The van der Waals surface area contributed by atoms with Crippen molar-refractivity contribution >= 4 is 31.6 Å². The molecule has 0 radical (unpaired) electrons. The molecule has 1 fully saturated rings. The first-order valence-corrected chi connectivity index (χ1v) is 8.88. The van der Waals surface area contributed by atoms with Crippen molar-refractivity contribution in [1.82, 2.24) is 4.31 Å². The lowest BCUT2D eigenvalue weighted by atomic mass is 10.2. The summed E-state index contributed by atoms with van der Waals surface area (Å²) in [5.74, 6) is 0. The van der Waals surface area contributed by atoms with Crippen LogP contribution in [0.4, 0.5) is 5.69 Å². The predicted molar refractivity (Wildman–Crippen MR) is 81.5 cm³/mol. The van der Waals surface area contributed by atoms with Crippen LogP contribution in [0.15, 0.2) is 29.2 Å². The Hall–Kier alpha value is -0.590. The molecular weight excluding hydrogens is 328 g/mol. The van der Waals surface area contributed by atoms with Crippen molar-refractivity contribution in [3.8, 4) is 0 Å². The van der Waals surface area contributed by atoms with Crippen LogP contribution in [0, 0.1) is 0 Å². The van der Waals surface area contributed by atoms with E-state index < -0.39 is 10.0 Å². The van der Waals surface area contributed by atoms with Gasteiger partial charge in [0.05, 0.1) is 4.90 Å². The van der Waals surface area contributed by atoms with Crippen LogP contribution in [-0.2, 0) is 10.0 Å². The molecule has 0 bridgehead atoms. The molecule has 1 heterocycles. The highest BCUT2D eigenvalue weighted by molar-refractivity contribution is 9.09. The maximum absolute atomic E-state index is 12.0. The summed E-state index contributed by atoms with van der Waals surface area (Å²) in [6.07, 6.45) is 2.37. The molecule has 1 saturated heterocycles. The van der Waals surface area contributed by atoms with Gasteiger partial charge >= 0.3 is 0 Å². The molecule has 0 N–H and O–H groups in total. The molecule has 106 valence electrons. The SMILES string of the molecule is CN(C)S(=O)(=O)c1ccc(N2CCCC2CBr)cc1. The van der Waals surface area contributed by atoms with Crippen molar-refractivity contribution in [2.75, 3.05) is 30.9 Å². The number of anilines is 1. The quantitative estimate of drug-likeness (QED) is 0.785. The molecule has 1 aromatic rings. The van der Waals surface area contributed by atoms with Crippen molar-refractivity contribution < 1.29 is 8.42 Å². The van der Waals surface area contributed by atoms with Gasteiger partial charge in [-0.25, -0.2) is 12.7 Å². The maximum Gasteiger partial charge on any atom is 0.242 e. The van der Waals surface area contributed by atoms with E-state index in [1.807, 2.05) is 12.1 Å². The first-order valence-electron chi connectivity index (χ1n) is 6.32. The Kier molecular flexibility index (Phi) is 4.53. The van der Waals surface area contributed by atoms with E-state index in [0.29, 0.717) is 10.9 Å². The molecular formula is C13H19BrN2O2S. The van der Waals surface area contributed by atoms with Crippen molar-refractivity contribution in [3.63, 3.8) is 0 Å². The van der Waals surface area contributed by atoms with Gasteiger partial charge in [0.15, 0.2) is 0 Å². The second-order valence-electron chi connectivity index (χ2n) is 4.93. The highest BCUT2D eigenvalue weighted by Gasteiger charge is 2.24. The van der Waals surface area contributed by atoms with E-state index in [2.05, 4.69) is 20.8 Å². The summed E-state index contributed by atoms with van der Waals surface area (Å²) in [5, 5.41) is 0.949. The molecule has 4 nitrogen and oxygen atoms in total. The van der Waals surface area contributed by atoms with Crippen LogP contribution in [0.3, 0.4) is 0 Å². The number of benzene rings is 1. The third kappa shape index (κ3) is 2.95. The number of halogens is 1. The van der Waals surface area contributed by atoms with Gasteiger partial charge in [0, 0.05) is 37.7 Å². The molecule has 0 aliphatic carbocycles. The van der Waals surface area contributed by atoms with Crippen LogP contribution in [0.1, 0.15) is 12.8 Å². The molecule has 1 aliphatic rings. The van der Waals surface area contributed by atoms with E-state index in [9.17, 15) is 8.42 Å². The molecule has 0 saturated carbocycles. The summed E-state index contributed by atoms with van der Waals surface area (Å²) in [6.45, 7) is 1.04. The van der Waals surface area contributed by atoms with Crippen LogP contribution in [0.5, 0.6) is 0 Å². The van der Waals surface area contributed by atoms with E-state index in [-0.39, 0.29) is 0 Å².